The second-order valence-corrected chi connectivity index (χ2v) is 8.22. The number of alkyl halides is 2. The van der Waals surface area contributed by atoms with Gasteiger partial charge in [-0.3, -0.25) is 9.78 Å². The van der Waals surface area contributed by atoms with Gasteiger partial charge in [-0.1, -0.05) is 23.2 Å². The molecule has 15 heteroatoms. The number of aromatic hydroxyl groups is 1. The van der Waals surface area contributed by atoms with Gasteiger partial charge in [-0.15, -0.1) is 0 Å². The van der Waals surface area contributed by atoms with Crippen LogP contribution in [0.15, 0.2) is 44.8 Å². The third kappa shape index (κ3) is 4.69. The fourth-order valence-electron chi connectivity index (χ4n) is 2.40. The standard InChI is InChI=1S/C16H10Cl2F2N4O6S/c17-8-3-6(24-16(27)22-15(26)12(23-24)14(19)20)4-9(18)13(8)30-7-1-2-10(25)11(5-7)31(21,28)29/h1-5,14,25H,(H2,21,28,29)(H,22,26,27). The second kappa shape index (κ2) is 8.26. The van der Waals surface area contributed by atoms with Crippen LogP contribution in [0.1, 0.15) is 12.1 Å². The van der Waals surface area contributed by atoms with Crippen LogP contribution in [-0.2, 0) is 10.0 Å². The fraction of sp³-hybridized carbons (Fsp3) is 0.0625. The van der Waals surface area contributed by atoms with Gasteiger partial charge < -0.3 is 9.84 Å². The van der Waals surface area contributed by atoms with Crippen LogP contribution < -0.4 is 21.1 Å². The Morgan fingerprint density at radius 1 is 1.16 bits per heavy atom. The minimum Gasteiger partial charge on any atom is -0.507 e. The molecule has 0 radical (unpaired) electrons. The van der Waals surface area contributed by atoms with Crippen LogP contribution in [0.3, 0.4) is 0 Å². The number of phenols is 1. The molecule has 0 unspecified atom stereocenters. The van der Waals surface area contributed by atoms with Crippen LogP contribution in [-0.4, -0.2) is 28.3 Å². The second-order valence-electron chi connectivity index (χ2n) is 5.87. The van der Waals surface area contributed by atoms with Crippen molar-refractivity contribution in [3.8, 4) is 22.9 Å². The molecule has 3 aromatic rings. The van der Waals surface area contributed by atoms with E-state index in [0.717, 1.165) is 24.3 Å². The van der Waals surface area contributed by atoms with Crippen molar-refractivity contribution in [1.29, 1.82) is 0 Å². The van der Waals surface area contributed by atoms with E-state index < -0.39 is 44.0 Å². The molecule has 0 saturated heterocycles. The normalized spacial score (nSPS) is 11.7. The number of nitrogens with two attached hydrogens (primary N) is 1. The zero-order chi connectivity index (χ0) is 23.1. The Kier molecular flexibility index (Phi) is 6.04. The predicted molar refractivity (Wildman–Crippen MR) is 105 cm³/mol. The summed E-state index contributed by atoms with van der Waals surface area (Å²) in [6.45, 7) is 0. The van der Waals surface area contributed by atoms with E-state index in [2.05, 4.69) is 5.10 Å². The van der Waals surface area contributed by atoms with Crippen LogP contribution >= 0.6 is 23.2 Å². The topological polar surface area (TPSA) is 157 Å². The summed E-state index contributed by atoms with van der Waals surface area (Å²) in [5, 5.41) is 17.5. The molecule has 164 valence electrons. The molecule has 0 aliphatic rings. The molecule has 0 spiro atoms. The molecule has 0 aliphatic heterocycles. The van der Waals surface area contributed by atoms with Gasteiger partial charge in [-0.25, -0.2) is 27.1 Å². The van der Waals surface area contributed by atoms with Gasteiger partial charge in [0.05, 0.1) is 15.7 Å². The van der Waals surface area contributed by atoms with Gasteiger partial charge in [0.25, 0.3) is 12.0 Å². The average molecular weight is 495 g/mol. The van der Waals surface area contributed by atoms with Crippen LogP contribution in [0.2, 0.25) is 10.0 Å². The van der Waals surface area contributed by atoms with E-state index in [9.17, 15) is 31.9 Å². The molecule has 10 nitrogen and oxygen atoms in total. The van der Waals surface area contributed by atoms with Crippen molar-refractivity contribution >= 4 is 33.2 Å². The van der Waals surface area contributed by atoms with E-state index in [1.165, 1.54) is 6.07 Å². The molecule has 2 aromatic carbocycles. The molecular formula is C16H10Cl2F2N4O6S. The zero-order valence-corrected chi connectivity index (χ0v) is 17.2. The maximum absolute atomic E-state index is 12.9. The maximum Gasteiger partial charge on any atom is 0.349 e. The van der Waals surface area contributed by atoms with E-state index in [1.807, 2.05) is 0 Å². The Labute approximate surface area is 181 Å². The number of sulfonamides is 1. The first-order valence-electron chi connectivity index (χ1n) is 7.93. The number of nitrogens with one attached hydrogen (secondary N) is 1. The number of ether oxygens (including phenoxy) is 1. The first kappa shape index (κ1) is 22.7. The summed E-state index contributed by atoms with van der Waals surface area (Å²) in [6, 6.07) is 5.32. The van der Waals surface area contributed by atoms with Gasteiger partial charge in [0.15, 0.2) is 11.4 Å². The van der Waals surface area contributed by atoms with Crippen molar-refractivity contribution in [3.05, 3.63) is 66.9 Å². The molecule has 0 atom stereocenters. The highest BCUT2D eigenvalue weighted by Gasteiger charge is 2.20. The van der Waals surface area contributed by atoms with Crippen molar-refractivity contribution in [2.24, 2.45) is 5.14 Å². The fourth-order valence-corrected chi connectivity index (χ4v) is 3.59. The molecular weight excluding hydrogens is 485 g/mol. The zero-order valence-electron chi connectivity index (χ0n) is 14.8. The number of H-pyrrole nitrogens is 1. The van der Waals surface area contributed by atoms with E-state index in [4.69, 9.17) is 33.1 Å². The molecule has 1 aromatic heterocycles. The Balaban J connectivity index is 2.06. The Hall–Kier alpha value is -3.00. The number of aromatic nitrogens is 3. The highest BCUT2D eigenvalue weighted by atomic mass is 35.5. The number of rotatable bonds is 5. The van der Waals surface area contributed by atoms with Crippen LogP contribution in [0.5, 0.6) is 17.2 Å². The van der Waals surface area contributed by atoms with E-state index >= 15 is 0 Å². The lowest BCUT2D eigenvalue weighted by molar-refractivity contribution is 0.141. The lowest BCUT2D eigenvalue weighted by Gasteiger charge is -2.13. The molecule has 0 fully saturated rings. The minimum absolute atomic E-state index is 0.113. The molecule has 31 heavy (non-hydrogen) atoms. The summed E-state index contributed by atoms with van der Waals surface area (Å²) >= 11 is 12.2. The number of hydrogen-bond donors (Lipinski definition) is 3. The molecule has 4 N–H and O–H groups in total. The average Bonchev–Trinajstić information content (AvgIpc) is 2.64. The third-order valence-corrected chi connectivity index (χ3v) is 5.25. The Bertz CT molecular complexity index is 1380. The first-order chi connectivity index (χ1) is 14.4. The summed E-state index contributed by atoms with van der Waals surface area (Å²) in [6.07, 6.45) is -3.24. The summed E-state index contributed by atoms with van der Waals surface area (Å²) < 4.78 is 54.8. The van der Waals surface area contributed by atoms with Gasteiger partial charge >= 0.3 is 5.69 Å². The van der Waals surface area contributed by atoms with Crippen molar-refractivity contribution in [3.63, 3.8) is 0 Å². The molecule has 0 bridgehead atoms. The molecule has 1 heterocycles. The summed E-state index contributed by atoms with van der Waals surface area (Å²) in [7, 11) is -4.26. The van der Waals surface area contributed by atoms with Gasteiger partial charge in [-0.2, -0.15) is 9.78 Å². The monoisotopic (exact) mass is 494 g/mol. The van der Waals surface area contributed by atoms with Crippen molar-refractivity contribution in [1.82, 2.24) is 14.8 Å². The van der Waals surface area contributed by atoms with Crippen molar-refractivity contribution in [2.45, 2.75) is 11.3 Å². The molecule has 0 saturated carbocycles. The van der Waals surface area contributed by atoms with Gasteiger partial charge in [0, 0.05) is 6.07 Å². The summed E-state index contributed by atoms with van der Waals surface area (Å²) in [4.78, 5) is 24.5. The highest BCUT2D eigenvalue weighted by Crippen LogP contribution is 2.39. The van der Waals surface area contributed by atoms with Gasteiger partial charge in [0.1, 0.15) is 16.4 Å². The third-order valence-electron chi connectivity index (χ3n) is 3.75. The molecule has 3 rings (SSSR count). The number of primary sulfonamides is 1. The lowest BCUT2D eigenvalue weighted by Crippen LogP contribution is -2.34. The quantitative estimate of drug-likeness (QED) is 0.490. The maximum atomic E-state index is 12.9. The number of phenolic OH excluding ortho intramolecular Hbond substituents is 1. The first-order valence-corrected chi connectivity index (χ1v) is 10.2. The van der Waals surface area contributed by atoms with E-state index in [1.54, 1.807) is 4.98 Å². The van der Waals surface area contributed by atoms with E-state index in [0.29, 0.717) is 4.68 Å². The predicted octanol–water partition coefficient (Wildman–Crippen LogP) is 2.31. The van der Waals surface area contributed by atoms with Gasteiger partial charge in [0.2, 0.25) is 10.0 Å². The van der Waals surface area contributed by atoms with E-state index in [-0.39, 0.29) is 27.2 Å². The van der Waals surface area contributed by atoms with Crippen molar-refractivity contribution in [2.75, 3.05) is 0 Å². The summed E-state index contributed by atoms with van der Waals surface area (Å²) in [5.41, 5.74) is -3.81. The Morgan fingerprint density at radius 3 is 2.32 bits per heavy atom. The van der Waals surface area contributed by atoms with Crippen molar-refractivity contribution < 1.29 is 27.0 Å². The van der Waals surface area contributed by atoms with Crippen LogP contribution in [0.4, 0.5) is 8.78 Å². The van der Waals surface area contributed by atoms with Crippen LogP contribution in [0, 0.1) is 0 Å². The molecule has 0 amide bonds. The number of hydrogen-bond acceptors (Lipinski definition) is 7. The van der Waals surface area contributed by atoms with Crippen LogP contribution in [0.25, 0.3) is 5.69 Å². The number of halogens is 4. The smallest absolute Gasteiger partial charge is 0.349 e. The highest BCUT2D eigenvalue weighted by molar-refractivity contribution is 7.89. The SMILES string of the molecule is NS(=O)(=O)c1cc(Oc2c(Cl)cc(-n3nc(C(F)F)c(=O)[nH]c3=O)cc2Cl)ccc1O. The Morgan fingerprint density at radius 2 is 1.77 bits per heavy atom. The number of nitrogens with zero attached hydrogens (tertiary/aromatic N) is 2. The minimum atomic E-state index is -4.26. The number of benzene rings is 2. The lowest BCUT2D eigenvalue weighted by atomic mass is 10.3. The number of aromatic amines is 1. The molecule has 0 aliphatic carbocycles. The van der Waals surface area contributed by atoms with Gasteiger partial charge in [-0.05, 0) is 24.3 Å². The largest absolute Gasteiger partial charge is 0.507 e. The summed E-state index contributed by atoms with van der Waals surface area (Å²) in [5.74, 6) is -0.914.